The third-order valence-corrected chi connectivity index (χ3v) is 13.7. The van der Waals surface area contributed by atoms with Crippen molar-refractivity contribution in [2.75, 3.05) is 13.2 Å². The van der Waals surface area contributed by atoms with E-state index >= 15 is 0 Å². The van der Waals surface area contributed by atoms with Crippen molar-refractivity contribution < 1.29 is 28.6 Å². The molecule has 0 heterocycles. The van der Waals surface area contributed by atoms with E-state index in [1.54, 1.807) is 0 Å². The second-order valence-electron chi connectivity index (χ2n) is 21.6. The SMILES string of the molecule is CCCCCCCCCCCC(=O)OC[C@@H](COC(=O)CCCCCCCCCCCCCCCCCC(C)C)OC(=O)CCCCCCCCCCCCCCCCCCCCC(C)C. The van der Waals surface area contributed by atoms with Crippen LogP contribution in [0.3, 0.4) is 0 Å². The largest absolute Gasteiger partial charge is 0.462 e. The Labute approximate surface area is 412 Å². The smallest absolute Gasteiger partial charge is 0.306 e. The van der Waals surface area contributed by atoms with Gasteiger partial charge in [0.2, 0.25) is 0 Å². The zero-order valence-electron chi connectivity index (χ0n) is 45.3. The van der Waals surface area contributed by atoms with E-state index in [0.717, 1.165) is 69.6 Å². The van der Waals surface area contributed by atoms with Crippen molar-refractivity contribution in [3.05, 3.63) is 0 Å². The number of carbonyl (C=O) groups excluding carboxylic acids is 3. The summed E-state index contributed by atoms with van der Waals surface area (Å²) >= 11 is 0. The first-order valence-electron chi connectivity index (χ1n) is 29.7. The van der Waals surface area contributed by atoms with Crippen LogP contribution in [-0.4, -0.2) is 37.2 Å². The van der Waals surface area contributed by atoms with Crippen molar-refractivity contribution in [3.63, 3.8) is 0 Å². The molecule has 0 spiro atoms. The van der Waals surface area contributed by atoms with Crippen LogP contribution < -0.4 is 0 Å². The molecule has 0 N–H and O–H groups in total. The van der Waals surface area contributed by atoms with E-state index in [-0.39, 0.29) is 31.1 Å². The molecule has 0 aromatic rings. The van der Waals surface area contributed by atoms with E-state index in [1.165, 1.54) is 225 Å². The third kappa shape index (κ3) is 53.4. The predicted octanol–water partition coefficient (Wildman–Crippen LogP) is 19.7. The summed E-state index contributed by atoms with van der Waals surface area (Å²) in [5.41, 5.74) is 0. The summed E-state index contributed by atoms with van der Waals surface area (Å²) in [6.07, 6.45) is 56.8. The lowest BCUT2D eigenvalue weighted by Gasteiger charge is -2.18. The first-order valence-corrected chi connectivity index (χ1v) is 29.7. The molecule has 1 atom stereocenters. The highest BCUT2D eigenvalue weighted by atomic mass is 16.6. The topological polar surface area (TPSA) is 78.9 Å². The van der Waals surface area contributed by atoms with Gasteiger partial charge < -0.3 is 14.2 Å². The summed E-state index contributed by atoms with van der Waals surface area (Å²) in [7, 11) is 0. The van der Waals surface area contributed by atoms with Crippen LogP contribution in [0.4, 0.5) is 0 Å². The first kappa shape index (κ1) is 64.4. The lowest BCUT2D eigenvalue weighted by molar-refractivity contribution is -0.167. The fourth-order valence-corrected chi connectivity index (χ4v) is 9.23. The molecule has 0 saturated heterocycles. The van der Waals surface area contributed by atoms with E-state index in [1.807, 2.05) is 0 Å². The standard InChI is InChI=1S/C60H116O6/c1-6-7-8-9-10-28-35-40-45-50-58(61)64-53-57(54-65-59(62)51-46-41-36-31-26-22-19-15-17-21-25-30-34-39-44-49-56(4)5)66-60(63)52-47-42-37-32-27-23-18-14-12-11-13-16-20-24-29-33-38-43-48-55(2)3/h55-57H,6-54H2,1-5H3/t57-/m0/s1. The molecule has 6 heteroatoms. The van der Waals surface area contributed by atoms with Gasteiger partial charge in [0.1, 0.15) is 13.2 Å². The zero-order chi connectivity index (χ0) is 48.2. The van der Waals surface area contributed by atoms with Crippen molar-refractivity contribution in [2.45, 2.75) is 343 Å². The fraction of sp³-hybridized carbons (Fsp3) is 0.950. The molecule has 392 valence electrons. The van der Waals surface area contributed by atoms with Gasteiger partial charge in [-0.3, -0.25) is 14.4 Å². The molecule has 0 aromatic carbocycles. The molecular formula is C60H116O6. The summed E-state index contributed by atoms with van der Waals surface area (Å²) in [6, 6.07) is 0. The van der Waals surface area contributed by atoms with Gasteiger partial charge in [-0.25, -0.2) is 0 Å². The van der Waals surface area contributed by atoms with Crippen molar-refractivity contribution >= 4 is 17.9 Å². The van der Waals surface area contributed by atoms with E-state index in [4.69, 9.17) is 14.2 Å². The Kier molecular flexibility index (Phi) is 51.5. The van der Waals surface area contributed by atoms with Gasteiger partial charge >= 0.3 is 17.9 Å². The zero-order valence-corrected chi connectivity index (χ0v) is 45.3. The summed E-state index contributed by atoms with van der Waals surface area (Å²) in [5.74, 6) is 0.867. The monoisotopic (exact) mass is 933 g/mol. The number of ether oxygens (including phenoxy) is 3. The molecule has 0 aliphatic heterocycles. The fourth-order valence-electron chi connectivity index (χ4n) is 9.23. The molecule has 0 saturated carbocycles. The maximum Gasteiger partial charge on any atom is 0.306 e. The molecule has 0 amide bonds. The lowest BCUT2D eigenvalue weighted by Crippen LogP contribution is -2.30. The summed E-state index contributed by atoms with van der Waals surface area (Å²) in [4.78, 5) is 38.1. The van der Waals surface area contributed by atoms with Crippen LogP contribution in [-0.2, 0) is 28.6 Å². The summed E-state index contributed by atoms with van der Waals surface area (Å²) < 4.78 is 16.9. The van der Waals surface area contributed by atoms with Crippen molar-refractivity contribution in [3.8, 4) is 0 Å². The second-order valence-corrected chi connectivity index (χ2v) is 21.6. The minimum atomic E-state index is -0.762. The Balaban J connectivity index is 4.18. The van der Waals surface area contributed by atoms with Crippen LogP contribution in [0.5, 0.6) is 0 Å². The van der Waals surface area contributed by atoms with Crippen LogP contribution in [0.1, 0.15) is 336 Å². The third-order valence-electron chi connectivity index (χ3n) is 13.7. The Morgan fingerprint density at radius 3 is 0.742 bits per heavy atom. The van der Waals surface area contributed by atoms with Gasteiger partial charge in [-0.05, 0) is 31.1 Å². The van der Waals surface area contributed by atoms with E-state index in [9.17, 15) is 14.4 Å². The van der Waals surface area contributed by atoms with Crippen LogP contribution in [0.15, 0.2) is 0 Å². The highest BCUT2D eigenvalue weighted by Crippen LogP contribution is 2.18. The number of unbranched alkanes of at least 4 members (excludes halogenated alkanes) is 39. The molecule has 0 rings (SSSR count). The average molecular weight is 934 g/mol. The van der Waals surface area contributed by atoms with Gasteiger partial charge in [0, 0.05) is 19.3 Å². The van der Waals surface area contributed by atoms with Crippen LogP contribution in [0.2, 0.25) is 0 Å². The molecular weight excluding hydrogens is 817 g/mol. The lowest BCUT2D eigenvalue weighted by atomic mass is 10.0. The maximum atomic E-state index is 12.8. The van der Waals surface area contributed by atoms with Gasteiger partial charge in [-0.15, -0.1) is 0 Å². The van der Waals surface area contributed by atoms with E-state index in [2.05, 4.69) is 34.6 Å². The van der Waals surface area contributed by atoms with E-state index < -0.39 is 6.10 Å². The van der Waals surface area contributed by atoms with E-state index in [0.29, 0.717) is 19.3 Å². The predicted molar refractivity (Wildman–Crippen MR) is 284 cm³/mol. The highest BCUT2D eigenvalue weighted by molar-refractivity contribution is 5.71. The Morgan fingerprint density at radius 2 is 0.500 bits per heavy atom. The summed E-state index contributed by atoms with van der Waals surface area (Å²) in [5, 5.41) is 0. The van der Waals surface area contributed by atoms with Gasteiger partial charge in [-0.2, -0.15) is 0 Å². The van der Waals surface area contributed by atoms with Crippen LogP contribution >= 0.6 is 0 Å². The van der Waals surface area contributed by atoms with Gasteiger partial charge in [-0.1, -0.05) is 298 Å². The van der Waals surface area contributed by atoms with Gasteiger partial charge in [0.05, 0.1) is 0 Å². The normalized spacial score (nSPS) is 12.0. The average Bonchev–Trinajstić information content (AvgIpc) is 3.29. The number of esters is 3. The number of rotatable bonds is 54. The Hall–Kier alpha value is -1.59. The van der Waals surface area contributed by atoms with Gasteiger partial charge in [0.25, 0.3) is 0 Å². The van der Waals surface area contributed by atoms with Crippen LogP contribution in [0, 0.1) is 11.8 Å². The molecule has 6 nitrogen and oxygen atoms in total. The molecule has 66 heavy (non-hydrogen) atoms. The minimum absolute atomic E-state index is 0.0625. The van der Waals surface area contributed by atoms with Crippen molar-refractivity contribution in [2.24, 2.45) is 11.8 Å². The number of hydrogen-bond acceptors (Lipinski definition) is 6. The molecule has 0 aliphatic rings. The second kappa shape index (κ2) is 52.8. The molecule has 0 aromatic heterocycles. The summed E-state index contributed by atoms with van der Waals surface area (Å²) in [6.45, 7) is 11.4. The quantitative estimate of drug-likeness (QED) is 0.0343. The van der Waals surface area contributed by atoms with Crippen molar-refractivity contribution in [1.29, 1.82) is 0 Å². The number of carbonyl (C=O) groups is 3. The maximum absolute atomic E-state index is 12.8. The van der Waals surface area contributed by atoms with Crippen LogP contribution in [0.25, 0.3) is 0 Å². The first-order chi connectivity index (χ1) is 32.2. The minimum Gasteiger partial charge on any atom is -0.462 e. The number of hydrogen-bond donors (Lipinski definition) is 0. The highest BCUT2D eigenvalue weighted by Gasteiger charge is 2.19. The molecule has 0 aliphatic carbocycles. The molecule has 0 fully saturated rings. The molecule has 0 unspecified atom stereocenters. The van der Waals surface area contributed by atoms with Gasteiger partial charge in [0.15, 0.2) is 6.10 Å². The Morgan fingerprint density at radius 1 is 0.288 bits per heavy atom. The Bertz CT molecular complexity index is 1010. The molecule has 0 radical (unpaired) electrons. The van der Waals surface area contributed by atoms with Crippen molar-refractivity contribution in [1.82, 2.24) is 0 Å². The molecule has 0 bridgehead atoms.